The molecule has 4 amide bonds. The van der Waals surface area contributed by atoms with E-state index in [4.69, 9.17) is 14.0 Å². The average Bonchev–Trinajstić information content (AvgIpc) is 3.29. The van der Waals surface area contributed by atoms with Gasteiger partial charge in [0.15, 0.2) is 5.41 Å². The number of imide groups is 2. The van der Waals surface area contributed by atoms with Crippen LogP contribution in [0.1, 0.15) is 34.3 Å². The maximum atomic E-state index is 14.2. The van der Waals surface area contributed by atoms with Gasteiger partial charge in [0.05, 0.1) is 26.0 Å². The zero-order chi connectivity index (χ0) is 25.8. The van der Waals surface area contributed by atoms with Gasteiger partial charge in [0.25, 0.3) is 0 Å². The van der Waals surface area contributed by atoms with Crippen LogP contribution < -0.4 is 14.8 Å². The lowest BCUT2D eigenvalue weighted by Crippen LogP contribution is -2.68. The van der Waals surface area contributed by atoms with Crippen molar-refractivity contribution in [3.8, 4) is 11.5 Å². The molecule has 0 bridgehead atoms. The molecule has 3 heterocycles. The molecule has 0 unspecified atom stereocenters. The summed E-state index contributed by atoms with van der Waals surface area (Å²) in [7, 11) is 5.90. The third kappa shape index (κ3) is 3.10. The summed E-state index contributed by atoms with van der Waals surface area (Å²) in [6.07, 6.45) is 0. The van der Waals surface area contributed by atoms with Crippen molar-refractivity contribution in [2.45, 2.75) is 18.9 Å². The second-order valence-electron chi connectivity index (χ2n) is 8.95. The Balaban J connectivity index is 1.84. The molecule has 5 rings (SSSR count). The highest BCUT2D eigenvalue weighted by molar-refractivity contribution is 6.20. The lowest BCUT2D eigenvalue weighted by atomic mass is 9.59. The van der Waals surface area contributed by atoms with E-state index in [9.17, 15) is 14.4 Å². The van der Waals surface area contributed by atoms with Gasteiger partial charge in [-0.3, -0.25) is 19.4 Å². The minimum Gasteiger partial charge on any atom is -0.497 e. The molecule has 10 heteroatoms. The Kier molecular flexibility index (Phi) is 5.46. The molecule has 0 radical (unpaired) electrons. The molecular formula is C26H26N4O6. The predicted molar refractivity (Wildman–Crippen MR) is 129 cm³/mol. The Morgan fingerprint density at radius 2 is 1.36 bits per heavy atom. The molecule has 186 valence electrons. The second kappa shape index (κ2) is 8.40. The van der Waals surface area contributed by atoms with Gasteiger partial charge in [-0.1, -0.05) is 29.4 Å². The third-order valence-electron chi connectivity index (χ3n) is 7.17. The Labute approximate surface area is 207 Å². The molecule has 2 aromatic carbocycles. The summed E-state index contributed by atoms with van der Waals surface area (Å²) in [6, 6.07) is 12.7. The highest BCUT2D eigenvalue weighted by Gasteiger charge is 2.67. The van der Waals surface area contributed by atoms with Crippen LogP contribution >= 0.6 is 0 Å². The first-order valence-corrected chi connectivity index (χ1v) is 11.4. The number of fused-ring (bicyclic) bond motifs is 1. The number of hydrogen-bond donors (Lipinski definition) is 1. The van der Waals surface area contributed by atoms with Gasteiger partial charge in [-0.25, -0.2) is 4.79 Å². The van der Waals surface area contributed by atoms with Gasteiger partial charge in [0.1, 0.15) is 11.5 Å². The van der Waals surface area contributed by atoms with Gasteiger partial charge in [-0.05, 0) is 42.3 Å². The molecule has 0 aliphatic carbocycles. The fourth-order valence-corrected chi connectivity index (χ4v) is 5.37. The van der Waals surface area contributed by atoms with Gasteiger partial charge < -0.3 is 19.3 Å². The number of nitrogens with one attached hydrogen (secondary N) is 1. The maximum absolute atomic E-state index is 14.2. The minimum atomic E-state index is -1.76. The molecule has 10 nitrogen and oxygen atoms in total. The van der Waals surface area contributed by atoms with E-state index in [0.29, 0.717) is 39.8 Å². The summed E-state index contributed by atoms with van der Waals surface area (Å²) >= 11 is 0. The number of ether oxygens (including phenoxy) is 2. The Morgan fingerprint density at radius 3 is 1.86 bits per heavy atom. The molecule has 2 aliphatic heterocycles. The first kappa shape index (κ1) is 23.4. The van der Waals surface area contributed by atoms with E-state index in [-0.39, 0.29) is 0 Å². The van der Waals surface area contributed by atoms with Crippen LogP contribution in [0, 0.1) is 12.3 Å². The smallest absolute Gasteiger partial charge is 0.332 e. The van der Waals surface area contributed by atoms with E-state index in [2.05, 4.69) is 10.5 Å². The number of amides is 4. The number of anilines is 1. The van der Waals surface area contributed by atoms with E-state index >= 15 is 0 Å². The van der Waals surface area contributed by atoms with Crippen LogP contribution in [0.4, 0.5) is 10.7 Å². The Morgan fingerprint density at radius 1 is 0.861 bits per heavy atom. The number of carbonyl (C=O) groups excluding carboxylic acids is 3. The lowest BCUT2D eigenvalue weighted by molar-refractivity contribution is -0.160. The van der Waals surface area contributed by atoms with Crippen LogP contribution in [0.2, 0.25) is 0 Å². The number of aromatic nitrogens is 1. The number of hydrogen-bond acceptors (Lipinski definition) is 8. The van der Waals surface area contributed by atoms with Crippen LogP contribution in [-0.4, -0.2) is 61.1 Å². The van der Waals surface area contributed by atoms with Gasteiger partial charge in [-0.2, -0.15) is 0 Å². The molecule has 2 aliphatic rings. The van der Waals surface area contributed by atoms with Crippen LogP contribution in [-0.2, 0) is 9.59 Å². The van der Waals surface area contributed by atoms with Crippen LogP contribution in [0.3, 0.4) is 0 Å². The topological polar surface area (TPSA) is 114 Å². The number of rotatable bonds is 4. The fraction of sp³-hybridized carbons (Fsp3) is 0.308. The molecule has 1 spiro atoms. The maximum Gasteiger partial charge on any atom is 0.332 e. The monoisotopic (exact) mass is 490 g/mol. The first-order valence-electron chi connectivity index (χ1n) is 11.4. The molecule has 3 aromatic rings. The molecule has 1 fully saturated rings. The van der Waals surface area contributed by atoms with Gasteiger partial charge >= 0.3 is 6.03 Å². The van der Waals surface area contributed by atoms with Gasteiger partial charge in [-0.15, -0.1) is 0 Å². The fourth-order valence-electron chi connectivity index (χ4n) is 5.37. The standard InChI is InChI=1S/C26H26N4O6/c1-14-19-20(15-6-10-17(34-4)11-7-15)26(23(31)29(2)25(33)30(3)24(26)32)21(27-22(19)36-28-14)16-8-12-18(35-5)13-9-16/h6-13,20-21,27H,1-5H3/t20-,21-/m1/s1. The Hall–Kier alpha value is -4.34. The van der Waals surface area contributed by atoms with E-state index in [1.807, 2.05) is 12.1 Å². The molecular weight excluding hydrogens is 464 g/mol. The Bertz CT molecular complexity index is 1320. The van der Waals surface area contributed by atoms with E-state index in [0.717, 1.165) is 9.80 Å². The van der Waals surface area contributed by atoms with Crippen molar-refractivity contribution < 1.29 is 28.4 Å². The van der Waals surface area contributed by atoms with Crippen molar-refractivity contribution in [1.29, 1.82) is 0 Å². The SMILES string of the molecule is COc1ccc([C@@H]2c3c(C)noc3N[C@H](c3ccc(OC)cc3)C23C(=O)N(C)C(=O)N(C)C3=O)cc1. The third-order valence-corrected chi connectivity index (χ3v) is 7.17. The second-order valence-corrected chi connectivity index (χ2v) is 8.95. The number of methoxy groups -OCH3 is 2. The first-order chi connectivity index (χ1) is 17.2. The van der Waals surface area contributed by atoms with Gasteiger partial charge in [0.2, 0.25) is 17.7 Å². The molecule has 1 N–H and O–H groups in total. The summed E-state index contributed by atoms with van der Waals surface area (Å²) in [6.45, 7) is 1.76. The number of aryl methyl sites for hydroxylation is 1. The van der Waals surface area contributed by atoms with Gasteiger partial charge in [0, 0.05) is 25.6 Å². The van der Waals surface area contributed by atoms with Crippen LogP contribution in [0.15, 0.2) is 53.1 Å². The highest BCUT2D eigenvalue weighted by Crippen LogP contribution is 2.59. The molecule has 1 aromatic heterocycles. The number of barbiturate groups is 1. The average molecular weight is 491 g/mol. The number of carbonyl (C=O) groups is 3. The summed E-state index contributed by atoms with van der Waals surface area (Å²) in [4.78, 5) is 43.3. The highest BCUT2D eigenvalue weighted by atomic mass is 16.5. The number of urea groups is 1. The van der Waals surface area contributed by atoms with Crippen LogP contribution in [0.5, 0.6) is 11.5 Å². The lowest BCUT2D eigenvalue weighted by Gasteiger charge is -2.51. The summed E-state index contributed by atoms with van der Waals surface area (Å²) in [5.74, 6) is -0.427. The molecule has 0 saturated carbocycles. The van der Waals surface area contributed by atoms with Crippen molar-refractivity contribution >= 4 is 23.7 Å². The van der Waals surface area contributed by atoms with E-state index < -0.39 is 35.2 Å². The van der Waals surface area contributed by atoms with Crippen molar-refractivity contribution in [3.05, 3.63) is 70.9 Å². The molecule has 1 saturated heterocycles. The number of nitrogens with zero attached hydrogens (tertiary/aromatic N) is 3. The summed E-state index contributed by atoms with van der Waals surface area (Å²) in [5.41, 5.74) is 0.689. The van der Waals surface area contributed by atoms with E-state index in [1.165, 1.54) is 14.1 Å². The van der Waals surface area contributed by atoms with E-state index in [1.54, 1.807) is 57.5 Å². The molecule has 2 atom stereocenters. The zero-order valence-electron chi connectivity index (χ0n) is 20.6. The van der Waals surface area contributed by atoms with Crippen molar-refractivity contribution in [1.82, 2.24) is 15.0 Å². The summed E-state index contributed by atoms with van der Waals surface area (Å²) < 4.78 is 16.3. The zero-order valence-corrected chi connectivity index (χ0v) is 20.6. The predicted octanol–water partition coefficient (Wildman–Crippen LogP) is 3.34. The summed E-state index contributed by atoms with van der Waals surface area (Å²) in [5, 5.41) is 7.42. The van der Waals surface area contributed by atoms with Crippen molar-refractivity contribution in [3.63, 3.8) is 0 Å². The largest absolute Gasteiger partial charge is 0.497 e. The minimum absolute atomic E-state index is 0.363. The number of benzene rings is 2. The van der Waals surface area contributed by atoms with Crippen LogP contribution in [0.25, 0.3) is 0 Å². The van der Waals surface area contributed by atoms with Crippen molar-refractivity contribution in [2.75, 3.05) is 33.6 Å². The normalized spacial score (nSPS) is 20.9. The molecule has 36 heavy (non-hydrogen) atoms. The van der Waals surface area contributed by atoms with Crippen molar-refractivity contribution in [2.24, 2.45) is 5.41 Å². The quantitative estimate of drug-likeness (QED) is 0.554.